The highest BCUT2D eigenvalue weighted by Gasteiger charge is 2.15. The zero-order valence-corrected chi connectivity index (χ0v) is 14.8. The lowest BCUT2D eigenvalue weighted by Crippen LogP contribution is -2.40. The fourth-order valence-electron chi connectivity index (χ4n) is 2.49. The predicted molar refractivity (Wildman–Crippen MR) is 99.4 cm³/mol. The molecule has 0 fully saturated rings. The van der Waals surface area contributed by atoms with E-state index in [4.69, 9.17) is 11.6 Å². The summed E-state index contributed by atoms with van der Waals surface area (Å²) in [5.41, 5.74) is -0.324. The van der Waals surface area contributed by atoms with E-state index in [0.717, 1.165) is 10.8 Å². The van der Waals surface area contributed by atoms with Crippen LogP contribution < -0.4 is 16.6 Å². The summed E-state index contributed by atoms with van der Waals surface area (Å²) in [6.45, 7) is 0.0507. The quantitative estimate of drug-likeness (QED) is 0.704. The highest BCUT2D eigenvalue weighted by atomic mass is 35.5. The molecule has 0 atom stereocenters. The first kappa shape index (κ1) is 18.6. The van der Waals surface area contributed by atoms with Crippen molar-refractivity contribution < 1.29 is 9.18 Å². The van der Waals surface area contributed by atoms with E-state index in [2.05, 4.69) is 10.3 Å². The zero-order valence-electron chi connectivity index (χ0n) is 14.0. The zero-order chi connectivity index (χ0) is 19.4. The van der Waals surface area contributed by atoms with Crippen LogP contribution in [0, 0.1) is 5.82 Å². The van der Waals surface area contributed by atoms with Gasteiger partial charge in [0.1, 0.15) is 11.4 Å². The molecule has 0 unspecified atom stereocenters. The summed E-state index contributed by atoms with van der Waals surface area (Å²) in [5, 5.41) is 2.99. The first-order valence-corrected chi connectivity index (χ1v) is 8.42. The van der Waals surface area contributed by atoms with E-state index in [0.29, 0.717) is 16.1 Å². The standard InChI is InChI=1S/C19H15ClFN3O3/c20-16-4-2-1-3-13(16)11-24-18(26)15(10-23-19(24)27)17(25)22-9-12-5-7-14(21)8-6-12/h1-8,10H,9,11H2,(H,22,25)(H,23,27). The van der Waals surface area contributed by atoms with Gasteiger partial charge in [0.15, 0.2) is 0 Å². The molecule has 0 aliphatic rings. The van der Waals surface area contributed by atoms with Gasteiger partial charge in [-0.2, -0.15) is 0 Å². The average Bonchev–Trinajstić information content (AvgIpc) is 2.66. The Hall–Kier alpha value is -3.19. The van der Waals surface area contributed by atoms with Gasteiger partial charge in [0.05, 0.1) is 6.54 Å². The van der Waals surface area contributed by atoms with Crippen molar-refractivity contribution >= 4 is 17.5 Å². The number of aromatic nitrogens is 2. The fourth-order valence-corrected chi connectivity index (χ4v) is 2.69. The van der Waals surface area contributed by atoms with E-state index in [1.807, 2.05) is 0 Å². The van der Waals surface area contributed by atoms with Crippen LogP contribution in [0.25, 0.3) is 0 Å². The van der Waals surface area contributed by atoms with Gasteiger partial charge in [0.25, 0.3) is 11.5 Å². The number of halogens is 2. The molecule has 8 heteroatoms. The number of rotatable bonds is 5. The monoisotopic (exact) mass is 387 g/mol. The number of nitrogens with one attached hydrogen (secondary N) is 2. The number of H-pyrrole nitrogens is 1. The van der Waals surface area contributed by atoms with Crippen molar-refractivity contribution in [3.63, 3.8) is 0 Å². The highest BCUT2D eigenvalue weighted by Crippen LogP contribution is 2.15. The second-order valence-electron chi connectivity index (χ2n) is 5.80. The van der Waals surface area contributed by atoms with Gasteiger partial charge in [-0.1, -0.05) is 41.9 Å². The minimum absolute atomic E-state index is 0.0626. The number of benzene rings is 2. The molecule has 3 rings (SSSR count). The normalized spacial score (nSPS) is 10.6. The third-order valence-electron chi connectivity index (χ3n) is 3.96. The van der Waals surface area contributed by atoms with Crippen molar-refractivity contribution in [3.05, 3.63) is 103 Å². The first-order chi connectivity index (χ1) is 13.0. The molecule has 0 radical (unpaired) electrons. The molecule has 0 saturated heterocycles. The third-order valence-corrected chi connectivity index (χ3v) is 4.33. The molecule has 1 amide bonds. The number of nitrogens with zero attached hydrogens (tertiary/aromatic N) is 1. The Morgan fingerprint density at radius 3 is 2.52 bits per heavy atom. The molecule has 1 aromatic heterocycles. The van der Waals surface area contributed by atoms with E-state index in [9.17, 15) is 18.8 Å². The largest absolute Gasteiger partial charge is 0.348 e. The van der Waals surface area contributed by atoms with E-state index in [1.165, 1.54) is 24.3 Å². The second-order valence-corrected chi connectivity index (χ2v) is 6.21. The Kier molecular flexibility index (Phi) is 5.52. The number of carbonyl (C=O) groups excluding carboxylic acids is 1. The van der Waals surface area contributed by atoms with Gasteiger partial charge >= 0.3 is 5.69 Å². The minimum atomic E-state index is -0.727. The molecule has 0 aliphatic carbocycles. The van der Waals surface area contributed by atoms with E-state index >= 15 is 0 Å². The molecule has 0 aliphatic heterocycles. The maximum absolute atomic E-state index is 12.9. The Labute approximate surface area is 158 Å². The van der Waals surface area contributed by atoms with Gasteiger partial charge in [-0.3, -0.25) is 14.2 Å². The molecule has 138 valence electrons. The Balaban J connectivity index is 1.83. The number of carbonyl (C=O) groups is 1. The van der Waals surface area contributed by atoms with Crippen LogP contribution in [0.5, 0.6) is 0 Å². The second kappa shape index (κ2) is 8.01. The molecule has 0 spiro atoms. The molecule has 6 nitrogen and oxygen atoms in total. The highest BCUT2D eigenvalue weighted by molar-refractivity contribution is 6.31. The maximum atomic E-state index is 12.9. The maximum Gasteiger partial charge on any atom is 0.328 e. The number of hydrogen-bond donors (Lipinski definition) is 2. The number of hydrogen-bond acceptors (Lipinski definition) is 3. The molecule has 2 aromatic carbocycles. The molecule has 3 aromatic rings. The lowest BCUT2D eigenvalue weighted by atomic mass is 10.2. The molecule has 1 heterocycles. The van der Waals surface area contributed by atoms with Crippen LogP contribution in [0.3, 0.4) is 0 Å². The Bertz CT molecular complexity index is 1090. The summed E-state index contributed by atoms with van der Waals surface area (Å²) in [6.07, 6.45) is 1.08. The van der Waals surface area contributed by atoms with Gasteiger partial charge in [0, 0.05) is 17.8 Å². The van der Waals surface area contributed by atoms with Crippen LogP contribution in [-0.4, -0.2) is 15.5 Å². The van der Waals surface area contributed by atoms with E-state index < -0.39 is 17.2 Å². The van der Waals surface area contributed by atoms with Crippen molar-refractivity contribution in [2.45, 2.75) is 13.1 Å². The van der Waals surface area contributed by atoms with Gasteiger partial charge in [-0.15, -0.1) is 0 Å². The van der Waals surface area contributed by atoms with Gasteiger partial charge in [-0.05, 0) is 29.3 Å². The molecular formula is C19H15ClFN3O3. The van der Waals surface area contributed by atoms with Crippen LogP contribution in [0.1, 0.15) is 21.5 Å². The summed E-state index contributed by atoms with van der Waals surface area (Å²) in [5.74, 6) is -1.03. The van der Waals surface area contributed by atoms with Crippen LogP contribution >= 0.6 is 11.6 Å². The molecule has 0 bridgehead atoms. The lowest BCUT2D eigenvalue weighted by molar-refractivity contribution is 0.0948. The van der Waals surface area contributed by atoms with Gasteiger partial charge < -0.3 is 10.3 Å². The summed E-state index contributed by atoms with van der Waals surface area (Å²) >= 11 is 6.08. The molecular weight excluding hydrogens is 373 g/mol. The summed E-state index contributed by atoms with van der Waals surface area (Å²) in [6, 6.07) is 12.4. The SMILES string of the molecule is O=C(NCc1ccc(F)cc1)c1c[nH]c(=O)n(Cc2ccccc2Cl)c1=O. The molecule has 0 saturated carbocycles. The van der Waals surface area contributed by atoms with Crippen molar-refractivity contribution in [1.29, 1.82) is 0 Å². The summed E-state index contributed by atoms with van der Waals surface area (Å²) < 4.78 is 13.8. The lowest BCUT2D eigenvalue weighted by Gasteiger charge is -2.09. The van der Waals surface area contributed by atoms with Crippen molar-refractivity contribution in [2.75, 3.05) is 0 Å². The van der Waals surface area contributed by atoms with Crippen LogP contribution in [0.2, 0.25) is 5.02 Å². The van der Waals surface area contributed by atoms with Gasteiger partial charge in [-0.25, -0.2) is 9.18 Å². The van der Waals surface area contributed by atoms with Crippen molar-refractivity contribution in [1.82, 2.24) is 14.9 Å². The minimum Gasteiger partial charge on any atom is -0.348 e. The molecule has 27 heavy (non-hydrogen) atoms. The number of aromatic amines is 1. The van der Waals surface area contributed by atoms with Crippen LogP contribution in [0.15, 0.2) is 64.3 Å². The Morgan fingerprint density at radius 2 is 1.81 bits per heavy atom. The first-order valence-electron chi connectivity index (χ1n) is 8.04. The summed E-state index contributed by atoms with van der Waals surface area (Å²) in [4.78, 5) is 39.4. The summed E-state index contributed by atoms with van der Waals surface area (Å²) in [7, 11) is 0. The van der Waals surface area contributed by atoms with E-state index in [-0.39, 0.29) is 24.5 Å². The molecule has 2 N–H and O–H groups in total. The smallest absolute Gasteiger partial charge is 0.328 e. The van der Waals surface area contributed by atoms with Crippen LogP contribution in [-0.2, 0) is 13.1 Å². The Morgan fingerprint density at radius 1 is 1.11 bits per heavy atom. The fraction of sp³-hybridized carbons (Fsp3) is 0.105. The van der Waals surface area contributed by atoms with E-state index in [1.54, 1.807) is 24.3 Å². The van der Waals surface area contributed by atoms with Crippen LogP contribution in [0.4, 0.5) is 4.39 Å². The average molecular weight is 388 g/mol. The predicted octanol–water partition coefficient (Wildman–Crippen LogP) is 2.31. The third kappa shape index (κ3) is 4.32. The van der Waals surface area contributed by atoms with Crippen molar-refractivity contribution in [3.8, 4) is 0 Å². The topological polar surface area (TPSA) is 84.0 Å². The van der Waals surface area contributed by atoms with Gasteiger partial charge in [0.2, 0.25) is 0 Å². The van der Waals surface area contributed by atoms with Crippen molar-refractivity contribution in [2.24, 2.45) is 0 Å². The number of amides is 1.